The summed E-state index contributed by atoms with van der Waals surface area (Å²) in [4.78, 5) is 12.1. The van der Waals surface area contributed by atoms with Crippen LogP contribution in [0.3, 0.4) is 0 Å². The Morgan fingerprint density at radius 3 is 2.35 bits per heavy atom. The minimum atomic E-state index is -3.62. The van der Waals surface area contributed by atoms with Crippen molar-refractivity contribution in [3.8, 4) is 0 Å². The Kier molecular flexibility index (Phi) is 2.71. The molecular weight excluding hydrogens is 262 g/mol. The van der Waals surface area contributed by atoms with Crippen LogP contribution in [0.25, 0.3) is 0 Å². The van der Waals surface area contributed by atoms with Crippen molar-refractivity contribution in [2.24, 2.45) is 5.41 Å². The number of sulfonamides is 1. The van der Waals surface area contributed by atoms with Crippen molar-refractivity contribution in [3.05, 3.63) is 29.3 Å². The van der Waals surface area contributed by atoms with Crippen LogP contribution in [0, 0.1) is 5.41 Å². The van der Waals surface area contributed by atoms with E-state index in [1.165, 1.54) is 6.07 Å². The van der Waals surface area contributed by atoms with Crippen LogP contribution < -0.4 is 4.31 Å². The van der Waals surface area contributed by atoms with Gasteiger partial charge in [0.15, 0.2) is 0 Å². The Balaban J connectivity index is 2.61. The molecule has 2 rings (SSSR count). The van der Waals surface area contributed by atoms with E-state index in [9.17, 15) is 13.2 Å². The van der Waals surface area contributed by atoms with E-state index in [2.05, 4.69) is 0 Å². The molecule has 17 heavy (non-hydrogen) atoms. The second kappa shape index (κ2) is 3.71. The Hall–Kier alpha value is -1.07. The molecule has 4 nitrogen and oxygen atoms in total. The summed E-state index contributed by atoms with van der Waals surface area (Å²) in [7, 11) is -3.62. The average molecular weight is 274 g/mol. The largest absolute Gasteiger partial charge is 0.273 e. The summed E-state index contributed by atoms with van der Waals surface area (Å²) in [6, 6.07) is 6.42. The molecule has 1 saturated heterocycles. The molecule has 0 spiro atoms. The molecule has 1 amide bonds. The highest BCUT2D eigenvalue weighted by Crippen LogP contribution is 2.38. The molecule has 1 fully saturated rings. The molecule has 1 aliphatic heterocycles. The molecule has 0 saturated carbocycles. The first-order chi connectivity index (χ1) is 7.76. The number of carbonyl (C=O) groups excluding carboxylic acids is 1. The van der Waals surface area contributed by atoms with Gasteiger partial charge in [-0.2, -0.15) is 0 Å². The lowest BCUT2D eigenvalue weighted by molar-refractivity contribution is -0.123. The summed E-state index contributed by atoms with van der Waals surface area (Å²) in [5, 5.41) is 0.252. The highest BCUT2D eigenvalue weighted by Gasteiger charge is 2.50. The molecule has 0 atom stereocenters. The van der Waals surface area contributed by atoms with E-state index in [0.29, 0.717) is 0 Å². The Morgan fingerprint density at radius 2 is 1.88 bits per heavy atom. The van der Waals surface area contributed by atoms with E-state index in [-0.39, 0.29) is 16.5 Å². The summed E-state index contributed by atoms with van der Waals surface area (Å²) in [6.07, 6.45) is 0. The summed E-state index contributed by atoms with van der Waals surface area (Å²) in [5.74, 6) is -0.630. The molecule has 92 valence electrons. The maximum atomic E-state index is 12.1. The van der Waals surface area contributed by atoms with Gasteiger partial charge in [-0.05, 0) is 26.0 Å². The van der Waals surface area contributed by atoms with Crippen LogP contribution in [-0.4, -0.2) is 20.1 Å². The number of para-hydroxylation sites is 1. The Labute approximate surface area is 105 Å². The third-order valence-electron chi connectivity index (χ3n) is 2.66. The van der Waals surface area contributed by atoms with Crippen molar-refractivity contribution in [1.29, 1.82) is 0 Å². The number of anilines is 1. The van der Waals surface area contributed by atoms with Gasteiger partial charge >= 0.3 is 0 Å². The van der Waals surface area contributed by atoms with Crippen molar-refractivity contribution in [1.82, 2.24) is 0 Å². The van der Waals surface area contributed by atoms with Gasteiger partial charge in [-0.1, -0.05) is 23.7 Å². The van der Waals surface area contributed by atoms with Crippen LogP contribution in [0.4, 0.5) is 5.69 Å². The van der Waals surface area contributed by atoms with Gasteiger partial charge in [0.2, 0.25) is 15.9 Å². The van der Waals surface area contributed by atoms with E-state index in [0.717, 1.165) is 4.31 Å². The SMILES string of the molecule is CC1(C)CS(=O)(=O)N(c2ccccc2Cl)C1=O. The first kappa shape index (κ1) is 12.4. The van der Waals surface area contributed by atoms with Gasteiger partial charge in [-0.25, -0.2) is 12.7 Å². The van der Waals surface area contributed by atoms with Gasteiger partial charge in [-0.3, -0.25) is 4.79 Å². The zero-order chi connectivity index (χ0) is 12.8. The second-order valence-corrected chi connectivity index (χ2v) is 6.89. The number of hydrogen-bond donors (Lipinski definition) is 0. The number of hydrogen-bond acceptors (Lipinski definition) is 3. The highest BCUT2D eigenvalue weighted by molar-refractivity contribution is 7.94. The number of amides is 1. The van der Waals surface area contributed by atoms with Crippen LogP contribution in [-0.2, 0) is 14.8 Å². The standard InChI is InChI=1S/C11H12ClNO3S/c1-11(2)7-17(15,16)13(10(11)14)9-6-4-3-5-8(9)12/h3-6H,7H2,1-2H3. The Morgan fingerprint density at radius 1 is 1.29 bits per heavy atom. The number of nitrogens with zero attached hydrogens (tertiary/aromatic N) is 1. The molecule has 0 radical (unpaired) electrons. The molecule has 6 heteroatoms. The van der Waals surface area contributed by atoms with Gasteiger partial charge in [0.25, 0.3) is 0 Å². The molecule has 0 aromatic heterocycles. The van der Waals surface area contributed by atoms with Crippen LogP contribution >= 0.6 is 11.6 Å². The molecule has 0 N–H and O–H groups in total. The third-order valence-corrected chi connectivity index (χ3v) is 4.98. The summed E-state index contributed by atoms with van der Waals surface area (Å²) >= 11 is 5.93. The maximum Gasteiger partial charge on any atom is 0.247 e. The van der Waals surface area contributed by atoms with Crippen LogP contribution in [0.1, 0.15) is 13.8 Å². The lowest BCUT2D eigenvalue weighted by Crippen LogP contribution is -2.33. The number of halogens is 1. The van der Waals surface area contributed by atoms with Crippen molar-refractivity contribution in [2.75, 3.05) is 10.1 Å². The zero-order valence-corrected chi connectivity index (χ0v) is 11.0. The van der Waals surface area contributed by atoms with Gasteiger partial charge in [0.05, 0.1) is 21.9 Å². The molecule has 1 aliphatic rings. The lowest BCUT2D eigenvalue weighted by atomic mass is 9.95. The minimum Gasteiger partial charge on any atom is -0.273 e. The van der Waals surface area contributed by atoms with Gasteiger partial charge in [0.1, 0.15) is 0 Å². The monoisotopic (exact) mass is 273 g/mol. The highest BCUT2D eigenvalue weighted by atomic mass is 35.5. The number of rotatable bonds is 1. The van der Waals surface area contributed by atoms with E-state index in [1.54, 1.807) is 32.0 Å². The fraction of sp³-hybridized carbons (Fsp3) is 0.364. The predicted octanol–water partition coefficient (Wildman–Crippen LogP) is 2.04. The van der Waals surface area contributed by atoms with Crippen molar-refractivity contribution < 1.29 is 13.2 Å². The van der Waals surface area contributed by atoms with Crippen LogP contribution in [0.15, 0.2) is 24.3 Å². The predicted molar refractivity (Wildman–Crippen MR) is 66.5 cm³/mol. The van der Waals surface area contributed by atoms with E-state index < -0.39 is 21.3 Å². The molecule has 0 bridgehead atoms. The summed E-state index contributed by atoms with van der Waals surface area (Å²) in [6.45, 7) is 3.23. The van der Waals surface area contributed by atoms with Crippen molar-refractivity contribution in [3.63, 3.8) is 0 Å². The van der Waals surface area contributed by atoms with Crippen molar-refractivity contribution >= 4 is 33.2 Å². The van der Waals surface area contributed by atoms with E-state index >= 15 is 0 Å². The molecule has 1 aromatic rings. The van der Waals surface area contributed by atoms with Crippen molar-refractivity contribution in [2.45, 2.75) is 13.8 Å². The first-order valence-electron chi connectivity index (χ1n) is 5.08. The van der Waals surface area contributed by atoms with Crippen LogP contribution in [0.5, 0.6) is 0 Å². The fourth-order valence-electron chi connectivity index (χ4n) is 1.86. The molecule has 0 aliphatic carbocycles. The Bertz CT molecular complexity index is 580. The number of benzene rings is 1. The molecule has 1 aromatic carbocycles. The fourth-order valence-corrected chi connectivity index (χ4v) is 4.25. The second-order valence-electron chi connectivity index (χ2n) is 4.66. The van der Waals surface area contributed by atoms with Gasteiger partial charge < -0.3 is 0 Å². The molecule has 1 heterocycles. The number of carbonyl (C=O) groups is 1. The average Bonchev–Trinajstić information content (AvgIpc) is 2.34. The normalized spacial score (nSPS) is 21.8. The first-order valence-corrected chi connectivity index (χ1v) is 7.06. The summed E-state index contributed by atoms with van der Waals surface area (Å²) < 4.78 is 24.8. The van der Waals surface area contributed by atoms with Gasteiger partial charge in [-0.15, -0.1) is 0 Å². The lowest BCUT2D eigenvalue weighted by Gasteiger charge is -2.18. The smallest absolute Gasteiger partial charge is 0.247 e. The zero-order valence-electron chi connectivity index (χ0n) is 9.47. The minimum absolute atomic E-state index is 0.190. The topological polar surface area (TPSA) is 54.5 Å². The quantitative estimate of drug-likeness (QED) is 0.787. The third kappa shape index (κ3) is 1.93. The van der Waals surface area contributed by atoms with Crippen LogP contribution in [0.2, 0.25) is 5.02 Å². The molecular formula is C11H12ClNO3S. The van der Waals surface area contributed by atoms with E-state index in [1.807, 2.05) is 0 Å². The van der Waals surface area contributed by atoms with E-state index in [4.69, 9.17) is 11.6 Å². The summed E-state index contributed by atoms with van der Waals surface area (Å²) in [5.41, 5.74) is -0.678. The van der Waals surface area contributed by atoms with Gasteiger partial charge in [0, 0.05) is 0 Å². The molecule has 0 unspecified atom stereocenters. The maximum absolute atomic E-state index is 12.1.